The van der Waals surface area contributed by atoms with E-state index >= 15 is 4.39 Å². The van der Waals surface area contributed by atoms with E-state index in [1.807, 2.05) is 20.2 Å². The van der Waals surface area contributed by atoms with Crippen molar-refractivity contribution in [2.75, 3.05) is 25.6 Å². The molecule has 4 rings (SSSR count). The fourth-order valence-electron chi connectivity index (χ4n) is 4.35. The number of ether oxygens (including phenoxy) is 2. The van der Waals surface area contributed by atoms with Gasteiger partial charge >= 0.3 is 12.6 Å². The molecule has 3 heterocycles. The van der Waals surface area contributed by atoms with E-state index < -0.39 is 42.8 Å². The topological polar surface area (TPSA) is 133 Å². The number of anilines is 1. The molecule has 1 fully saturated rings. The highest BCUT2D eigenvalue weighted by Crippen LogP contribution is 2.48. The molecule has 0 bridgehead atoms. The van der Waals surface area contributed by atoms with Crippen molar-refractivity contribution in [3.05, 3.63) is 42.5 Å². The molecule has 224 valence electrons. The number of aliphatic hydroxyl groups is 1. The first kappa shape index (κ1) is 31.2. The van der Waals surface area contributed by atoms with E-state index in [-0.39, 0.29) is 12.7 Å². The minimum Gasteiger partial charge on any atom is -0.462 e. The largest absolute Gasteiger partial charge is 0.462 e. The molecular weight excluding hydrogens is 574 g/mol. The van der Waals surface area contributed by atoms with Crippen molar-refractivity contribution < 1.29 is 32.8 Å². The lowest BCUT2D eigenvalue weighted by Gasteiger charge is -2.28. The molecule has 0 aliphatic carbocycles. The first-order valence-corrected chi connectivity index (χ1v) is 15.7. The summed E-state index contributed by atoms with van der Waals surface area (Å²) >= 11 is 5.73. The number of carbonyl (C=O) groups is 1. The van der Waals surface area contributed by atoms with Crippen molar-refractivity contribution >= 4 is 41.4 Å². The predicted molar refractivity (Wildman–Crippen MR) is 155 cm³/mol. The summed E-state index contributed by atoms with van der Waals surface area (Å²) in [4.78, 5) is 27.6. The Balaban J connectivity index is 1.57. The number of esters is 1. The van der Waals surface area contributed by atoms with Crippen LogP contribution in [0.4, 0.5) is 10.2 Å². The SMILES string of the molecule is Cc1nc(N(C)C)c2ncn([C@@H]3O[C@H](COP(=S)(N[C@H](C)C(=O)OC(C)C)Oc4ccccc4)[C@@H](O)[C@@]3(C)F)c2n1. The van der Waals surface area contributed by atoms with Gasteiger partial charge in [-0.25, -0.2) is 24.4 Å². The standard InChI is InChI=1S/C26H36FN6O6PS/c1-15(2)37-24(35)16(3)31-40(41,39-18-11-9-8-10-12-18)36-13-19-21(34)26(5,27)25(38-19)33-14-28-20-22(32(6)7)29-17(4)30-23(20)33/h8-12,14-16,19,21,25,34H,13H2,1-7H3,(H,31,41)/t16-,19-,21-,25-,26-,40?/m1/s1. The Morgan fingerprint density at radius 3 is 2.61 bits per heavy atom. The zero-order valence-electron chi connectivity index (χ0n) is 24.0. The molecule has 0 spiro atoms. The van der Waals surface area contributed by atoms with E-state index in [0.29, 0.717) is 28.6 Å². The molecular formula is C26H36FN6O6PS. The van der Waals surface area contributed by atoms with Gasteiger partial charge in [-0.2, -0.15) is 0 Å². The van der Waals surface area contributed by atoms with Gasteiger partial charge in [-0.15, -0.1) is 0 Å². The summed E-state index contributed by atoms with van der Waals surface area (Å²) in [6, 6.07) is 7.84. The van der Waals surface area contributed by atoms with Gasteiger partial charge in [0.25, 0.3) is 0 Å². The van der Waals surface area contributed by atoms with Crippen molar-refractivity contribution in [1.29, 1.82) is 0 Å². The number of para-hydroxylation sites is 1. The average Bonchev–Trinajstić information content (AvgIpc) is 3.40. The van der Waals surface area contributed by atoms with Gasteiger partial charge in [-0.3, -0.25) is 9.36 Å². The van der Waals surface area contributed by atoms with Gasteiger partial charge in [0.05, 0.1) is 19.0 Å². The maximum atomic E-state index is 16.1. The third-order valence-corrected chi connectivity index (χ3v) is 8.84. The Kier molecular flexibility index (Phi) is 9.32. The summed E-state index contributed by atoms with van der Waals surface area (Å²) in [5.41, 5.74) is -1.42. The van der Waals surface area contributed by atoms with Crippen LogP contribution in [0.3, 0.4) is 0 Å². The summed E-state index contributed by atoms with van der Waals surface area (Å²) in [6.45, 7) is 4.25. The number of rotatable bonds is 11. The van der Waals surface area contributed by atoms with Crippen LogP contribution in [0.25, 0.3) is 11.2 Å². The summed E-state index contributed by atoms with van der Waals surface area (Å²) < 4.78 is 40.9. The van der Waals surface area contributed by atoms with Crippen LogP contribution in [0.1, 0.15) is 39.7 Å². The maximum absolute atomic E-state index is 16.1. The number of aromatic nitrogens is 4. The number of hydrogen-bond acceptors (Lipinski definition) is 11. The van der Waals surface area contributed by atoms with Crippen LogP contribution in [0.15, 0.2) is 36.7 Å². The van der Waals surface area contributed by atoms with E-state index in [4.69, 9.17) is 30.3 Å². The van der Waals surface area contributed by atoms with E-state index in [1.54, 1.807) is 56.9 Å². The molecule has 0 saturated carbocycles. The summed E-state index contributed by atoms with van der Waals surface area (Å²) in [7, 11) is 3.64. The minimum atomic E-state index is -3.43. The number of carbonyl (C=O) groups excluding carboxylic acids is 1. The molecule has 0 radical (unpaired) electrons. The summed E-state index contributed by atoms with van der Waals surface area (Å²) in [5.74, 6) is 0.909. The van der Waals surface area contributed by atoms with Gasteiger partial charge in [0, 0.05) is 14.1 Å². The van der Waals surface area contributed by atoms with Gasteiger partial charge < -0.3 is 28.5 Å². The second-order valence-electron chi connectivity index (χ2n) is 10.5. The lowest BCUT2D eigenvalue weighted by atomic mass is 9.98. The van der Waals surface area contributed by atoms with E-state index in [0.717, 1.165) is 0 Å². The predicted octanol–water partition coefficient (Wildman–Crippen LogP) is 3.44. The second kappa shape index (κ2) is 12.2. The van der Waals surface area contributed by atoms with Crippen LogP contribution >= 0.6 is 6.64 Å². The quantitative estimate of drug-likeness (QED) is 0.243. The van der Waals surface area contributed by atoms with Crippen molar-refractivity contribution in [1.82, 2.24) is 24.6 Å². The van der Waals surface area contributed by atoms with E-state index in [9.17, 15) is 9.90 Å². The zero-order valence-corrected chi connectivity index (χ0v) is 25.7. The highest BCUT2D eigenvalue weighted by Gasteiger charge is 2.56. The van der Waals surface area contributed by atoms with Crippen molar-refractivity contribution in [3.63, 3.8) is 0 Å². The monoisotopic (exact) mass is 610 g/mol. The molecule has 1 saturated heterocycles. The number of benzene rings is 1. The lowest BCUT2D eigenvalue weighted by Crippen LogP contribution is -2.41. The molecule has 3 aromatic rings. The van der Waals surface area contributed by atoms with Crippen LogP contribution in [0.2, 0.25) is 0 Å². The Morgan fingerprint density at radius 1 is 1.29 bits per heavy atom. The van der Waals surface area contributed by atoms with Gasteiger partial charge in [0.2, 0.25) is 0 Å². The number of halogens is 1. The molecule has 41 heavy (non-hydrogen) atoms. The Hall–Kier alpha value is -2.74. The van der Waals surface area contributed by atoms with Gasteiger partial charge in [0.1, 0.15) is 29.8 Å². The number of hydrogen-bond donors (Lipinski definition) is 2. The van der Waals surface area contributed by atoms with Gasteiger partial charge in [-0.1, -0.05) is 18.2 Å². The van der Waals surface area contributed by atoms with Gasteiger partial charge in [0.15, 0.2) is 28.9 Å². The van der Waals surface area contributed by atoms with Crippen molar-refractivity contribution in [2.45, 2.75) is 70.9 Å². The van der Waals surface area contributed by atoms with E-state index in [2.05, 4.69) is 20.0 Å². The molecule has 6 atom stereocenters. The number of nitrogens with one attached hydrogen (secondary N) is 1. The molecule has 1 aliphatic heterocycles. The number of aliphatic hydroxyl groups excluding tert-OH is 1. The summed E-state index contributed by atoms with van der Waals surface area (Å²) in [6.07, 6.45) is -2.92. The molecule has 12 nitrogen and oxygen atoms in total. The minimum absolute atomic E-state index is 0.330. The molecule has 1 aliphatic rings. The smallest absolute Gasteiger partial charge is 0.323 e. The molecule has 2 N–H and O–H groups in total. The van der Waals surface area contributed by atoms with Crippen LogP contribution in [-0.2, 0) is 30.6 Å². The van der Waals surface area contributed by atoms with Crippen molar-refractivity contribution in [3.8, 4) is 5.75 Å². The number of nitrogens with zero attached hydrogens (tertiary/aromatic N) is 5. The van der Waals surface area contributed by atoms with Gasteiger partial charge in [-0.05, 0) is 58.6 Å². The zero-order chi connectivity index (χ0) is 30.1. The fraction of sp³-hybridized carbons (Fsp3) is 0.538. The number of fused-ring (bicyclic) bond motifs is 1. The number of alkyl halides is 1. The fourth-order valence-corrected chi connectivity index (χ4v) is 6.76. The van der Waals surface area contributed by atoms with Crippen LogP contribution in [0, 0.1) is 6.92 Å². The highest BCUT2D eigenvalue weighted by atomic mass is 32.5. The Labute approximate surface area is 243 Å². The van der Waals surface area contributed by atoms with E-state index in [1.165, 1.54) is 17.8 Å². The third-order valence-electron chi connectivity index (χ3n) is 6.34. The van der Waals surface area contributed by atoms with Crippen molar-refractivity contribution in [2.24, 2.45) is 0 Å². The third kappa shape index (κ3) is 6.85. The van der Waals surface area contributed by atoms with Crippen LogP contribution in [0.5, 0.6) is 5.75 Å². The normalized spacial score (nSPS) is 24.8. The maximum Gasteiger partial charge on any atom is 0.323 e. The molecule has 1 aromatic carbocycles. The molecule has 1 unspecified atom stereocenters. The lowest BCUT2D eigenvalue weighted by molar-refractivity contribution is -0.149. The van der Waals surface area contributed by atoms with Crippen LogP contribution in [-0.4, -0.2) is 81.3 Å². The molecule has 2 aromatic heterocycles. The second-order valence-corrected chi connectivity index (χ2v) is 13.6. The Morgan fingerprint density at radius 2 is 1.98 bits per heavy atom. The Bertz CT molecular complexity index is 1420. The first-order chi connectivity index (χ1) is 19.2. The number of imidazole rings is 1. The molecule has 0 amide bonds. The molecule has 15 heteroatoms. The number of aryl methyl sites for hydroxylation is 1. The highest BCUT2D eigenvalue weighted by molar-refractivity contribution is 8.09. The first-order valence-electron chi connectivity index (χ1n) is 13.1. The average molecular weight is 611 g/mol. The van der Waals surface area contributed by atoms with Crippen LogP contribution < -0.4 is 14.5 Å². The summed E-state index contributed by atoms with van der Waals surface area (Å²) in [5, 5.41) is 13.9.